The minimum absolute atomic E-state index is 0.00207. The van der Waals surface area contributed by atoms with Gasteiger partial charge in [-0.1, -0.05) is 6.92 Å². The molecule has 6 nitrogen and oxygen atoms in total. The Kier molecular flexibility index (Phi) is 3.89. The van der Waals surface area contributed by atoms with E-state index in [1.807, 2.05) is 13.8 Å². The van der Waals surface area contributed by atoms with Gasteiger partial charge in [-0.15, -0.1) is 0 Å². The van der Waals surface area contributed by atoms with Crippen LogP contribution in [-0.4, -0.2) is 59.2 Å². The highest BCUT2D eigenvalue weighted by atomic mass is 16.2. The van der Waals surface area contributed by atoms with E-state index in [1.165, 1.54) is 4.90 Å². The molecule has 2 fully saturated rings. The standard InChI is InChI=1S/C13H21N3O3/c1-4-8(2)16-11(17)7-10(13(16)19)14-9-5-6-15(3)12(9)18/h8-10,14H,4-7H2,1-3H3. The molecular formula is C13H21N3O3. The largest absolute Gasteiger partial charge is 0.344 e. The zero-order valence-electron chi connectivity index (χ0n) is 11.7. The maximum atomic E-state index is 12.2. The predicted octanol–water partition coefficient (Wildman–Crippen LogP) is -0.267. The third-order valence-corrected chi connectivity index (χ3v) is 4.04. The molecule has 1 N–H and O–H groups in total. The molecule has 2 aliphatic rings. The lowest BCUT2D eigenvalue weighted by atomic mass is 10.2. The molecule has 106 valence electrons. The highest BCUT2D eigenvalue weighted by Crippen LogP contribution is 2.20. The van der Waals surface area contributed by atoms with Crippen molar-refractivity contribution >= 4 is 17.7 Å². The van der Waals surface area contributed by atoms with E-state index < -0.39 is 6.04 Å². The minimum Gasteiger partial charge on any atom is -0.344 e. The number of carbonyl (C=O) groups is 3. The Labute approximate surface area is 113 Å². The number of amides is 3. The van der Waals surface area contributed by atoms with Crippen molar-refractivity contribution in [2.24, 2.45) is 0 Å². The fraction of sp³-hybridized carbons (Fsp3) is 0.769. The molecule has 3 unspecified atom stereocenters. The molecule has 0 aromatic carbocycles. The molecule has 0 radical (unpaired) electrons. The number of likely N-dealkylation sites (N-methyl/N-ethyl adjacent to an activating group) is 1. The van der Waals surface area contributed by atoms with Gasteiger partial charge in [0, 0.05) is 19.6 Å². The van der Waals surface area contributed by atoms with Gasteiger partial charge in [-0.2, -0.15) is 0 Å². The van der Waals surface area contributed by atoms with Crippen LogP contribution in [0.5, 0.6) is 0 Å². The molecule has 2 aliphatic heterocycles. The van der Waals surface area contributed by atoms with Crippen molar-refractivity contribution < 1.29 is 14.4 Å². The van der Waals surface area contributed by atoms with Crippen molar-refractivity contribution in [2.45, 2.75) is 51.2 Å². The van der Waals surface area contributed by atoms with Crippen LogP contribution < -0.4 is 5.32 Å². The van der Waals surface area contributed by atoms with Crippen molar-refractivity contribution in [1.82, 2.24) is 15.1 Å². The first kappa shape index (κ1) is 14.0. The second-order valence-corrected chi connectivity index (χ2v) is 5.38. The molecule has 0 aromatic heterocycles. The summed E-state index contributed by atoms with van der Waals surface area (Å²) < 4.78 is 0. The van der Waals surface area contributed by atoms with Crippen LogP contribution in [0.1, 0.15) is 33.1 Å². The van der Waals surface area contributed by atoms with Gasteiger partial charge in [-0.25, -0.2) is 0 Å². The monoisotopic (exact) mass is 267 g/mol. The van der Waals surface area contributed by atoms with Gasteiger partial charge in [-0.3, -0.25) is 24.6 Å². The van der Waals surface area contributed by atoms with Crippen LogP contribution in [-0.2, 0) is 14.4 Å². The molecule has 0 aliphatic carbocycles. The lowest BCUT2D eigenvalue weighted by Gasteiger charge is -2.22. The first-order valence-electron chi connectivity index (χ1n) is 6.82. The summed E-state index contributed by atoms with van der Waals surface area (Å²) in [6.45, 7) is 4.51. The van der Waals surface area contributed by atoms with Crippen molar-refractivity contribution in [3.63, 3.8) is 0 Å². The average molecular weight is 267 g/mol. The summed E-state index contributed by atoms with van der Waals surface area (Å²) in [5, 5.41) is 3.04. The van der Waals surface area contributed by atoms with E-state index in [0.717, 1.165) is 6.42 Å². The maximum absolute atomic E-state index is 12.2. The van der Waals surface area contributed by atoms with Crippen LogP contribution in [0.3, 0.4) is 0 Å². The second kappa shape index (κ2) is 5.28. The fourth-order valence-electron chi connectivity index (χ4n) is 2.65. The summed E-state index contributed by atoms with van der Waals surface area (Å²) in [4.78, 5) is 38.9. The average Bonchev–Trinajstić information content (AvgIpc) is 2.83. The SMILES string of the molecule is CCC(C)N1C(=O)CC(NC2CCN(C)C2=O)C1=O. The smallest absolute Gasteiger partial charge is 0.247 e. The Morgan fingerprint density at radius 3 is 2.47 bits per heavy atom. The Bertz CT molecular complexity index is 410. The van der Waals surface area contributed by atoms with Gasteiger partial charge in [0.25, 0.3) is 0 Å². The normalized spacial score (nSPS) is 29.5. The molecule has 6 heteroatoms. The van der Waals surface area contributed by atoms with Gasteiger partial charge in [0.1, 0.15) is 0 Å². The van der Waals surface area contributed by atoms with Crippen LogP contribution >= 0.6 is 0 Å². The van der Waals surface area contributed by atoms with Gasteiger partial charge >= 0.3 is 0 Å². The quantitative estimate of drug-likeness (QED) is 0.712. The van der Waals surface area contributed by atoms with Crippen molar-refractivity contribution in [3.05, 3.63) is 0 Å². The first-order chi connectivity index (χ1) is 8.95. The molecule has 3 atom stereocenters. The highest BCUT2D eigenvalue weighted by Gasteiger charge is 2.43. The predicted molar refractivity (Wildman–Crippen MR) is 69.2 cm³/mol. The van der Waals surface area contributed by atoms with Gasteiger partial charge in [0.15, 0.2) is 0 Å². The van der Waals surface area contributed by atoms with Gasteiger partial charge in [0.2, 0.25) is 17.7 Å². The third kappa shape index (κ3) is 2.49. The lowest BCUT2D eigenvalue weighted by molar-refractivity contribution is -0.141. The number of nitrogens with zero attached hydrogens (tertiary/aromatic N) is 2. The van der Waals surface area contributed by atoms with Gasteiger partial charge in [-0.05, 0) is 19.8 Å². The molecule has 19 heavy (non-hydrogen) atoms. The summed E-state index contributed by atoms with van der Waals surface area (Å²) in [5.41, 5.74) is 0. The summed E-state index contributed by atoms with van der Waals surface area (Å²) in [6, 6.07) is -0.945. The van der Waals surface area contributed by atoms with E-state index in [1.54, 1.807) is 11.9 Å². The number of carbonyl (C=O) groups excluding carboxylic acids is 3. The lowest BCUT2D eigenvalue weighted by Crippen LogP contribution is -2.48. The fourth-order valence-corrected chi connectivity index (χ4v) is 2.65. The van der Waals surface area contributed by atoms with Gasteiger partial charge < -0.3 is 4.90 Å². The molecule has 2 saturated heterocycles. The van der Waals surface area contributed by atoms with Crippen LogP contribution in [0.2, 0.25) is 0 Å². The Balaban J connectivity index is 2.02. The van der Waals surface area contributed by atoms with Crippen LogP contribution in [0.15, 0.2) is 0 Å². The van der Waals surface area contributed by atoms with E-state index in [9.17, 15) is 14.4 Å². The molecule has 2 rings (SSSR count). The number of hydrogen-bond acceptors (Lipinski definition) is 4. The molecule has 0 aromatic rings. The van der Waals surface area contributed by atoms with E-state index in [2.05, 4.69) is 5.32 Å². The molecule has 2 heterocycles. The van der Waals surface area contributed by atoms with Crippen LogP contribution in [0, 0.1) is 0 Å². The Hall–Kier alpha value is -1.43. The number of nitrogens with one attached hydrogen (secondary N) is 1. The summed E-state index contributed by atoms with van der Waals surface area (Å²) in [5.74, 6) is -0.334. The maximum Gasteiger partial charge on any atom is 0.247 e. The molecule has 3 amide bonds. The number of rotatable bonds is 4. The van der Waals surface area contributed by atoms with Crippen molar-refractivity contribution in [1.29, 1.82) is 0 Å². The number of imide groups is 1. The van der Waals surface area contributed by atoms with Crippen molar-refractivity contribution in [3.8, 4) is 0 Å². The minimum atomic E-state index is -0.540. The van der Waals surface area contributed by atoms with E-state index in [-0.39, 0.29) is 36.2 Å². The van der Waals surface area contributed by atoms with E-state index in [4.69, 9.17) is 0 Å². The third-order valence-electron chi connectivity index (χ3n) is 4.04. The Morgan fingerprint density at radius 1 is 1.26 bits per heavy atom. The number of hydrogen-bond donors (Lipinski definition) is 1. The van der Waals surface area contributed by atoms with E-state index in [0.29, 0.717) is 13.0 Å². The summed E-state index contributed by atoms with van der Waals surface area (Å²) in [6.07, 6.45) is 1.60. The Morgan fingerprint density at radius 2 is 1.95 bits per heavy atom. The van der Waals surface area contributed by atoms with Crippen LogP contribution in [0.25, 0.3) is 0 Å². The van der Waals surface area contributed by atoms with Gasteiger partial charge in [0.05, 0.1) is 18.5 Å². The zero-order valence-corrected chi connectivity index (χ0v) is 11.7. The van der Waals surface area contributed by atoms with E-state index >= 15 is 0 Å². The molecule has 0 bridgehead atoms. The highest BCUT2D eigenvalue weighted by molar-refractivity contribution is 6.06. The molecular weight excluding hydrogens is 246 g/mol. The summed E-state index contributed by atoms with van der Waals surface area (Å²) in [7, 11) is 1.75. The van der Waals surface area contributed by atoms with Crippen molar-refractivity contribution in [2.75, 3.05) is 13.6 Å². The molecule has 0 saturated carbocycles. The second-order valence-electron chi connectivity index (χ2n) is 5.38. The zero-order chi connectivity index (χ0) is 14.2. The molecule has 0 spiro atoms. The summed E-state index contributed by atoms with van der Waals surface area (Å²) >= 11 is 0. The number of likely N-dealkylation sites (tertiary alicyclic amines) is 2. The topological polar surface area (TPSA) is 69.7 Å². The first-order valence-corrected chi connectivity index (χ1v) is 6.82. The van der Waals surface area contributed by atoms with Crippen LogP contribution in [0.4, 0.5) is 0 Å².